The molecule has 2 aromatic carbocycles. The summed E-state index contributed by atoms with van der Waals surface area (Å²) in [6.45, 7) is 21.6. The standard InChI is InChI=1S/C38H58O4/c1-9-13-17-39-33-23-27-21-31-32(37(5,6)29(27)25-35(33)41-19-15-11-3)22-28-24-34(40-18-14-10-2)36(42-20-16-12-4)26-30(28)38(31,7)8/h23-26,31-32H,9-22H2,1-8H3. The highest BCUT2D eigenvalue weighted by molar-refractivity contribution is 5.56. The second-order valence-electron chi connectivity index (χ2n) is 13.8. The van der Waals surface area contributed by atoms with Gasteiger partial charge < -0.3 is 18.9 Å². The Labute approximate surface area is 256 Å². The third-order valence-corrected chi connectivity index (χ3v) is 9.97. The first kappa shape index (κ1) is 32.6. The first-order valence-electron chi connectivity index (χ1n) is 17.0. The van der Waals surface area contributed by atoms with E-state index in [0.717, 1.165) is 114 Å². The van der Waals surface area contributed by atoms with Gasteiger partial charge in [-0.3, -0.25) is 0 Å². The molecule has 0 amide bonds. The molecule has 42 heavy (non-hydrogen) atoms. The maximum atomic E-state index is 6.36. The van der Waals surface area contributed by atoms with Crippen LogP contribution in [0.3, 0.4) is 0 Å². The Balaban J connectivity index is 1.73. The number of hydrogen-bond donors (Lipinski definition) is 0. The van der Waals surface area contributed by atoms with E-state index in [1.54, 1.807) is 0 Å². The second-order valence-corrected chi connectivity index (χ2v) is 13.8. The van der Waals surface area contributed by atoms with E-state index in [9.17, 15) is 0 Å². The summed E-state index contributed by atoms with van der Waals surface area (Å²) >= 11 is 0. The van der Waals surface area contributed by atoms with E-state index < -0.39 is 0 Å². The molecule has 2 aliphatic carbocycles. The van der Waals surface area contributed by atoms with Crippen LogP contribution in [0.15, 0.2) is 24.3 Å². The Morgan fingerprint density at radius 3 is 1.07 bits per heavy atom. The molecule has 0 fully saturated rings. The molecule has 0 spiro atoms. The Kier molecular flexibility index (Phi) is 11.2. The fraction of sp³-hybridized carbons (Fsp3) is 0.684. The zero-order valence-electron chi connectivity index (χ0n) is 28.0. The molecule has 4 heteroatoms. The van der Waals surface area contributed by atoms with E-state index in [4.69, 9.17) is 18.9 Å². The predicted octanol–water partition coefficient (Wildman–Crippen LogP) is 10.0. The molecule has 0 aliphatic heterocycles. The number of rotatable bonds is 16. The first-order valence-corrected chi connectivity index (χ1v) is 17.0. The Hall–Kier alpha value is -2.36. The van der Waals surface area contributed by atoms with Crippen LogP contribution in [0.25, 0.3) is 0 Å². The average molecular weight is 579 g/mol. The molecular formula is C38H58O4. The molecule has 2 atom stereocenters. The van der Waals surface area contributed by atoms with Gasteiger partial charge in [-0.1, -0.05) is 81.1 Å². The first-order chi connectivity index (χ1) is 20.2. The van der Waals surface area contributed by atoms with Gasteiger partial charge in [0.1, 0.15) is 0 Å². The topological polar surface area (TPSA) is 36.9 Å². The monoisotopic (exact) mass is 578 g/mol. The zero-order chi connectivity index (χ0) is 30.3. The van der Waals surface area contributed by atoms with E-state index in [1.165, 1.54) is 22.3 Å². The van der Waals surface area contributed by atoms with Crippen molar-refractivity contribution < 1.29 is 18.9 Å². The van der Waals surface area contributed by atoms with Crippen LogP contribution in [-0.4, -0.2) is 26.4 Å². The third-order valence-electron chi connectivity index (χ3n) is 9.97. The van der Waals surface area contributed by atoms with E-state index in [1.807, 2.05) is 0 Å². The quantitative estimate of drug-likeness (QED) is 0.186. The summed E-state index contributed by atoms with van der Waals surface area (Å²) in [7, 11) is 0. The lowest BCUT2D eigenvalue weighted by molar-refractivity contribution is 0.106. The summed E-state index contributed by atoms with van der Waals surface area (Å²) in [6.07, 6.45) is 10.8. The number of unbranched alkanes of at least 4 members (excludes halogenated alkanes) is 4. The summed E-state index contributed by atoms with van der Waals surface area (Å²) in [4.78, 5) is 0. The van der Waals surface area contributed by atoms with Gasteiger partial charge in [-0.15, -0.1) is 0 Å². The summed E-state index contributed by atoms with van der Waals surface area (Å²) in [5, 5.41) is 0. The Bertz CT molecular complexity index is 1070. The fourth-order valence-corrected chi connectivity index (χ4v) is 7.17. The van der Waals surface area contributed by atoms with E-state index >= 15 is 0 Å². The van der Waals surface area contributed by atoms with Gasteiger partial charge in [-0.05, 0) is 108 Å². The molecule has 0 heterocycles. The highest BCUT2D eigenvalue weighted by Crippen LogP contribution is 2.58. The van der Waals surface area contributed by atoms with Crippen molar-refractivity contribution in [1.29, 1.82) is 0 Å². The smallest absolute Gasteiger partial charge is 0.161 e. The molecule has 0 radical (unpaired) electrons. The van der Waals surface area contributed by atoms with Crippen molar-refractivity contribution in [3.8, 4) is 23.0 Å². The largest absolute Gasteiger partial charge is 0.490 e. The molecule has 2 aromatic rings. The minimum Gasteiger partial charge on any atom is -0.490 e. The maximum absolute atomic E-state index is 6.36. The zero-order valence-corrected chi connectivity index (χ0v) is 28.0. The van der Waals surface area contributed by atoms with Gasteiger partial charge >= 0.3 is 0 Å². The van der Waals surface area contributed by atoms with Crippen LogP contribution >= 0.6 is 0 Å². The second kappa shape index (κ2) is 14.4. The normalized spacial score (nSPS) is 19.8. The van der Waals surface area contributed by atoms with Gasteiger partial charge in [-0.25, -0.2) is 0 Å². The van der Waals surface area contributed by atoms with Crippen molar-refractivity contribution in [2.75, 3.05) is 26.4 Å². The van der Waals surface area contributed by atoms with Crippen LogP contribution in [0.1, 0.15) is 129 Å². The molecule has 234 valence electrons. The lowest BCUT2D eigenvalue weighted by atomic mass is 9.49. The highest BCUT2D eigenvalue weighted by atomic mass is 16.5. The van der Waals surface area contributed by atoms with Crippen molar-refractivity contribution in [3.63, 3.8) is 0 Å². The van der Waals surface area contributed by atoms with Crippen molar-refractivity contribution in [2.45, 2.75) is 130 Å². The lowest BCUT2D eigenvalue weighted by Crippen LogP contribution is -2.51. The SMILES string of the molecule is CCCCOc1cc2c(cc1OCCCC)C(C)(C)C1Cc3cc(OCCCC)c(OCCCC)cc3C(C)(C)C1C2. The van der Waals surface area contributed by atoms with Crippen LogP contribution in [0.5, 0.6) is 23.0 Å². The Morgan fingerprint density at radius 2 is 0.786 bits per heavy atom. The minimum absolute atomic E-state index is 0.00243. The van der Waals surface area contributed by atoms with E-state index in [2.05, 4.69) is 79.7 Å². The van der Waals surface area contributed by atoms with Crippen LogP contribution in [-0.2, 0) is 23.7 Å². The molecule has 0 bridgehead atoms. The molecule has 2 aliphatic rings. The molecule has 0 aromatic heterocycles. The molecular weight excluding hydrogens is 520 g/mol. The Morgan fingerprint density at radius 1 is 0.500 bits per heavy atom. The van der Waals surface area contributed by atoms with Gasteiger partial charge in [0.05, 0.1) is 26.4 Å². The van der Waals surface area contributed by atoms with Gasteiger partial charge in [0, 0.05) is 0 Å². The van der Waals surface area contributed by atoms with Crippen molar-refractivity contribution in [3.05, 3.63) is 46.5 Å². The van der Waals surface area contributed by atoms with Crippen LogP contribution in [0.4, 0.5) is 0 Å². The predicted molar refractivity (Wildman–Crippen MR) is 175 cm³/mol. The molecule has 0 saturated carbocycles. The molecule has 4 nitrogen and oxygen atoms in total. The number of benzene rings is 2. The van der Waals surface area contributed by atoms with Gasteiger partial charge in [0.2, 0.25) is 0 Å². The summed E-state index contributed by atoms with van der Waals surface area (Å²) in [5.74, 6) is 4.70. The average Bonchev–Trinajstić information content (AvgIpc) is 2.95. The molecule has 0 N–H and O–H groups in total. The van der Waals surface area contributed by atoms with Crippen LogP contribution in [0, 0.1) is 11.8 Å². The van der Waals surface area contributed by atoms with E-state index in [-0.39, 0.29) is 10.8 Å². The molecule has 2 unspecified atom stereocenters. The van der Waals surface area contributed by atoms with Crippen LogP contribution in [0.2, 0.25) is 0 Å². The number of hydrogen-bond acceptors (Lipinski definition) is 4. The molecule has 4 rings (SSSR count). The fourth-order valence-electron chi connectivity index (χ4n) is 7.17. The van der Waals surface area contributed by atoms with Gasteiger partial charge in [0.15, 0.2) is 23.0 Å². The highest BCUT2D eigenvalue weighted by Gasteiger charge is 2.52. The van der Waals surface area contributed by atoms with Crippen molar-refractivity contribution in [2.24, 2.45) is 11.8 Å². The van der Waals surface area contributed by atoms with Gasteiger partial charge in [-0.2, -0.15) is 0 Å². The summed E-state index contributed by atoms with van der Waals surface area (Å²) in [6, 6.07) is 9.30. The van der Waals surface area contributed by atoms with Gasteiger partial charge in [0.25, 0.3) is 0 Å². The molecule has 0 saturated heterocycles. The maximum Gasteiger partial charge on any atom is 0.161 e. The van der Waals surface area contributed by atoms with Crippen molar-refractivity contribution >= 4 is 0 Å². The minimum atomic E-state index is -0.00243. The number of ether oxygens (including phenoxy) is 4. The summed E-state index contributed by atoms with van der Waals surface area (Å²) < 4.78 is 25.4. The third kappa shape index (κ3) is 6.89. The lowest BCUT2D eigenvalue weighted by Gasteiger charge is -2.55. The van der Waals surface area contributed by atoms with E-state index in [0.29, 0.717) is 11.8 Å². The number of fused-ring (bicyclic) bond motifs is 3. The summed E-state index contributed by atoms with van der Waals surface area (Å²) in [5.41, 5.74) is 5.69. The van der Waals surface area contributed by atoms with Crippen LogP contribution < -0.4 is 18.9 Å². The van der Waals surface area contributed by atoms with Crippen molar-refractivity contribution in [1.82, 2.24) is 0 Å².